The molecule has 0 aromatic heterocycles. The van der Waals surface area contributed by atoms with Crippen molar-refractivity contribution in [3.63, 3.8) is 0 Å². The Balaban J connectivity index is 1.14. The summed E-state index contributed by atoms with van der Waals surface area (Å²) in [5.41, 5.74) is 5.30. The first-order valence-corrected chi connectivity index (χ1v) is 14.7. The Morgan fingerprint density at radius 2 is 1.25 bits per heavy atom. The lowest BCUT2D eigenvalue weighted by Crippen LogP contribution is -2.57. The molecule has 0 spiro atoms. The van der Waals surface area contributed by atoms with E-state index in [0.29, 0.717) is 11.1 Å². The first-order valence-electron chi connectivity index (χ1n) is 14.7. The SMILES string of the molecule is C[C@@H]1O[C@H](COC(=O)c2ccccc2)C[C@H](NC(=O)OCC2c3ccccc3-c3ccccc32)[C@H]1OC(=O)c1ccccc1. The maximum atomic E-state index is 13.3. The molecule has 8 heteroatoms. The van der Waals surface area contributed by atoms with Crippen LogP contribution in [0.5, 0.6) is 0 Å². The largest absolute Gasteiger partial charge is 0.459 e. The van der Waals surface area contributed by atoms with Crippen molar-refractivity contribution in [3.05, 3.63) is 131 Å². The molecule has 0 radical (unpaired) electrons. The third kappa shape index (κ3) is 6.35. The summed E-state index contributed by atoms with van der Waals surface area (Å²) < 4.78 is 23.3. The molecule has 1 N–H and O–H groups in total. The Kier molecular flexibility index (Phi) is 8.70. The number of amides is 1. The number of carbonyl (C=O) groups is 3. The van der Waals surface area contributed by atoms with Crippen molar-refractivity contribution in [3.8, 4) is 11.1 Å². The maximum absolute atomic E-state index is 13.3. The van der Waals surface area contributed by atoms with Gasteiger partial charge in [0.2, 0.25) is 0 Å². The monoisotopic (exact) mass is 591 g/mol. The fraction of sp³-hybridized carbons (Fsp3) is 0.250. The Morgan fingerprint density at radius 1 is 0.705 bits per heavy atom. The van der Waals surface area contributed by atoms with Gasteiger partial charge in [0.1, 0.15) is 19.3 Å². The number of rotatable bonds is 8. The smallest absolute Gasteiger partial charge is 0.407 e. The average Bonchev–Trinajstić information content (AvgIpc) is 3.38. The highest BCUT2D eigenvalue weighted by Crippen LogP contribution is 2.44. The quantitative estimate of drug-likeness (QED) is 0.194. The number of ether oxygens (including phenoxy) is 4. The summed E-state index contributed by atoms with van der Waals surface area (Å²) in [6, 6.07) is 32.9. The molecule has 6 rings (SSSR count). The van der Waals surface area contributed by atoms with Gasteiger partial charge in [0.25, 0.3) is 0 Å². The van der Waals surface area contributed by atoms with Gasteiger partial charge in [-0.25, -0.2) is 14.4 Å². The first kappa shape index (κ1) is 29.1. The minimum absolute atomic E-state index is 0.0275. The van der Waals surface area contributed by atoms with Gasteiger partial charge in [-0.1, -0.05) is 84.9 Å². The van der Waals surface area contributed by atoms with Crippen molar-refractivity contribution in [2.24, 2.45) is 0 Å². The molecule has 0 saturated carbocycles. The highest BCUT2D eigenvalue weighted by Gasteiger charge is 2.41. The molecule has 4 aromatic carbocycles. The third-order valence-corrected chi connectivity index (χ3v) is 8.09. The molecule has 1 aliphatic carbocycles. The van der Waals surface area contributed by atoms with Crippen molar-refractivity contribution < 1.29 is 33.3 Å². The third-order valence-electron chi connectivity index (χ3n) is 8.09. The Labute approximate surface area is 255 Å². The summed E-state index contributed by atoms with van der Waals surface area (Å²) in [6.45, 7) is 1.88. The summed E-state index contributed by atoms with van der Waals surface area (Å²) in [5, 5.41) is 2.92. The van der Waals surface area contributed by atoms with Crippen LogP contribution in [0.3, 0.4) is 0 Å². The Hall–Kier alpha value is -4.95. The topological polar surface area (TPSA) is 100 Å². The molecule has 1 saturated heterocycles. The summed E-state index contributed by atoms with van der Waals surface area (Å²) in [6.07, 6.45) is -2.33. The molecule has 8 nitrogen and oxygen atoms in total. The van der Waals surface area contributed by atoms with Crippen molar-refractivity contribution in [2.45, 2.75) is 43.6 Å². The number of hydrogen-bond acceptors (Lipinski definition) is 7. The molecule has 0 unspecified atom stereocenters. The second-order valence-corrected chi connectivity index (χ2v) is 11.0. The van der Waals surface area contributed by atoms with Crippen LogP contribution in [0.1, 0.15) is 51.1 Å². The molecule has 4 atom stereocenters. The Morgan fingerprint density at radius 3 is 1.86 bits per heavy atom. The molecular formula is C36H33NO7. The molecule has 1 heterocycles. The number of nitrogens with one attached hydrogen (secondary N) is 1. The van der Waals surface area contributed by atoms with Gasteiger partial charge in [0, 0.05) is 12.3 Å². The van der Waals surface area contributed by atoms with Crippen LogP contribution in [0.4, 0.5) is 4.79 Å². The second kappa shape index (κ2) is 13.1. The van der Waals surface area contributed by atoms with Gasteiger partial charge in [0.05, 0.1) is 29.4 Å². The van der Waals surface area contributed by atoms with Crippen LogP contribution in [0, 0.1) is 0 Å². The zero-order chi connectivity index (χ0) is 30.5. The van der Waals surface area contributed by atoms with Gasteiger partial charge in [-0.15, -0.1) is 0 Å². The van der Waals surface area contributed by atoms with Crippen molar-refractivity contribution in [1.29, 1.82) is 0 Å². The highest BCUT2D eigenvalue weighted by atomic mass is 16.6. The van der Waals surface area contributed by atoms with Crippen LogP contribution in [0.2, 0.25) is 0 Å². The predicted octanol–water partition coefficient (Wildman–Crippen LogP) is 6.15. The van der Waals surface area contributed by atoms with E-state index in [2.05, 4.69) is 29.6 Å². The van der Waals surface area contributed by atoms with E-state index >= 15 is 0 Å². The number of benzene rings is 4. The minimum Gasteiger partial charge on any atom is -0.459 e. The van der Waals surface area contributed by atoms with E-state index in [-0.39, 0.29) is 25.6 Å². The van der Waals surface area contributed by atoms with Gasteiger partial charge < -0.3 is 24.3 Å². The molecule has 1 amide bonds. The molecule has 4 aromatic rings. The van der Waals surface area contributed by atoms with Crippen LogP contribution in [-0.4, -0.2) is 55.6 Å². The highest BCUT2D eigenvalue weighted by molar-refractivity contribution is 5.90. The molecular weight excluding hydrogens is 558 g/mol. The van der Waals surface area contributed by atoms with Crippen molar-refractivity contribution in [2.75, 3.05) is 13.2 Å². The summed E-state index contributed by atoms with van der Waals surface area (Å²) in [7, 11) is 0. The summed E-state index contributed by atoms with van der Waals surface area (Å²) in [4.78, 5) is 38.8. The van der Waals surface area contributed by atoms with E-state index < -0.39 is 42.4 Å². The van der Waals surface area contributed by atoms with Gasteiger partial charge >= 0.3 is 18.0 Å². The minimum atomic E-state index is -0.802. The van der Waals surface area contributed by atoms with E-state index in [0.717, 1.165) is 22.3 Å². The molecule has 1 fully saturated rings. The number of alkyl carbamates (subject to hydrolysis) is 1. The van der Waals surface area contributed by atoms with E-state index in [1.807, 2.05) is 36.4 Å². The lowest BCUT2D eigenvalue weighted by Gasteiger charge is -2.39. The fourth-order valence-corrected chi connectivity index (χ4v) is 5.99. The van der Waals surface area contributed by atoms with Gasteiger partial charge in [-0.2, -0.15) is 0 Å². The standard InChI is InChI=1S/C36H33NO7/c1-23-33(44-35(39)25-14-6-3-7-15-25)32(20-26(43-23)21-41-34(38)24-12-4-2-5-13-24)37-36(40)42-22-31-29-18-10-8-16-27(29)28-17-9-11-19-30(28)31/h2-19,23,26,31-33H,20-22H2,1H3,(H,37,40)/t23-,26-,32-,33-/m0/s1. The van der Waals surface area contributed by atoms with Gasteiger partial charge in [-0.3, -0.25) is 0 Å². The average molecular weight is 592 g/mol. The lowest BCUT2D eigenvalue weighted by atomic mass is 9.96. The number of fused-ring (bicyclic) bond motifs is 3. The van der Waals surface area contributed by atoms with Gasteiger partial charge in [0.15, 0.2) is 0 Å². The van der Waals surface area contributed by atoms with E-state index in [1.165, 1.54) is 0 Å². The molecule has 0 bridgehead atoms. The maximum Gasteiger partial charge on any atom is 0.407 e. The fourth-order valence-electron chi connectivity index (χ4n) is 5.99. The van der Waals surface area contributed by atoms with Crippen LogP contribution in [0.25, 0.3) is 11.1 Å². The normalized spacial score (nSPS) is 20.6. The van der Waals surface area contributed by atoms with Crippen LogP contribution in [0.15, 0.2) is 109 Å². The summed E-state index contributed by atoms with van der Waals surface area (Å²) >= 11 is 0. The van der Waals surface area contributed by atoms with Crippen LogP contribution >= 0.6 is 0 Å². The van der Waals surface area contributed by atoms with E-state index in [4.69, 9.17) is 18.9 Å². The molecule has 224 valence electrons. The lowest BCUT2D eigenvalue weighted by molar-refractivity contribution is -0.138. The summed E-state index contributed by atoms with van der Waals surface area (Å²) in [5.74, 6) is -1.10. The van der Waals surface area contributed by atoms with Crippen molar-refractivity contribution in [1.82, 2.24) is 5.32 Å². The molecule has 2 aliphatic rings. The zero-order valence-corrected chi connectivity index (χ0v) is 24.3. The number of hydrogen-bond donors (Lipinski definition) is 1. The molecule has 1 aliphatic heterocycles. The number of carbonyl (C=O) groups excluding carboxylic acids is 3. The zero-order valence-electron chi connectivity index (χ0n) is 24.3. The van der Waals surface area contributed by atoms with Crippen LogP contribution in [-0.2, 0) is 18.9 Å². The first-order chi connectivity index (χ1) is 21.5. The Bertz CT molecular complexity index is 1580. The van der Waals surface area contributed by atoms with Gasteiger partial charge in [-0.05, 0) is 53.4 Å². The van der Waals surface area contributed by atoms with Crippen LogP contribution < -0.4 is 5.32 Å². The van der Waals surface area contributed by atoms with E-state index in [9.17, 15) is 14.4 Å². The molecule has 44 heavy (non-hydrogen) atoms. The second-order valence-electron chi connectivity index (χ2n) is 11.0. The van der Waals surface area contributed by atoms with E-state index in [1.54, 1.807) is 55.5 Å². The number of esters is 2. The predicted molar refractivity (Wildman–Crippen MR) is 163 cm³/mol. The van der Waals surface area contributed by atoms with Crippen molar-refractivity contribution >= 4 is 18.0 Å².